The molecule has 13 heavy (non-hydrogen) atoms. The van der Waals surface area contributed by atoms with Gasteiger partial charge in [-0.2, -0.15) is 5.10 Å². The van der Waals surface area contributed by atoms with E-state index in [0.717, 1.165) is 25.6 Å². The molecule has 0 radical (unpaired) electrons. The lowest BCUT2D eigenvalue weighted by molar-refractivity contribution is 0.766. The van der Waals surface area contributed by atoms with Crippen molar-refractivity contribution >= 4 is 5.96 Å². The summed E-state index contributed by atoms with van der Waals surface area (Å²) in [6.45, 7) is 2.59. The molecule has 2 heterocycles. The minimum absolute atomic E-state index is 0.777. The smallest absolute Gasteiger partial charge is 0.191 e. The van der Waals surface area contributed by atoms with Gasteiger partial charge in [-0.1, -0.05) is 0 Å². The Kier molecular flexibility index (Phi) is 2.16. The average Bonchev–Trinajstić information content (AvgIpc) is 2.71. The summed E-state index contributed by atoms with van der Waals surface area (Å²) in [6, 6.07) is 0. The third-order valence-corrected chi connectivity index (χ3v) is 1.89. The summed E-state index contributed by atoms with van der Waals surface area (Å²) in [5.41, 5.74) is 1.17. The van der Waals surface area contributed by atoms with Crippen LogP contribution in [0.2, 0.25) is 0 Å². The number of hydrogen-bond acceptors (Lipinski definition) is 4. The van der Waals surface area contributed by atoms with E-state index in [4.69, 9.17) is 0 Å². The first-order chi connectivity index (χ1) is 6.34. The number of guanidine groups is 1. The molecule has 70 valence electrons. The normalized spacial score (nSPS) is 15.3. The van der Waals surface area contributed by atoms with E-state index in [-0.39, 0.29) is 0 Å². The first-order valence-corrected chi connectivity index (χ1v) is 4.34. The molecule has 2 N–H and O–H groups in total. The number of nitrogens with zero attached hydrogens (tertiary/aromatic N) is 3. The lowest BCUT2D eigenvalue weighted by Gasteiger charge is -2.03. The van der Waals surface area contributed by atoms with Gasteiger partial charge in [-0.05, 0) is 0 Å². The van der Waals surface area contributed by atoms with Crippen LogP contribution in [0.1, 0.15) is 5.56 Å². The molecule has 0 amide bonds. The second-order valence-corrected chi connectivity index (χ2v) is 3.03. The van der Waals surface area contributed by atoms with E-state index in [1.807, 2.05) is 19.4 Å². The summed E-state index contributed by atoms with van der Waals surface area (Å²) in [4.78, 5) is 4.22. The molecule has 0 saturated carbocycles. The first kappa shape index (κ1) is 8.10. The van der Waals surface area contributed by atoms with Gasteiger partial charge in [-0.25, -0.2) is 0 Å². The average molecular weight is 179 g/mol. The number of aliphatic imine (C=N–C) groups is 1. The Morgan fingerprint density at radius 2 is 2.62 bits per heavy atom. The number of nitrogens with one attached hydrogen (secondary N) is 2. The molecule has 0 unspecified atom stereocenters. The highest BCUT2D eigenvalue weighted by Crippen LogP contribution is 1.95. The van der Waals surface area contributed by atoms with Crippen LogP contribution in [-0.4, -0.2) is 28.8 Å². The van der Waals surface area contributed by atoms with Crippen molar-refractivity contribution in [1.82, 2.24) is 20.4 Å². The second kappa shape index (κ2) is 3.47. The van der Waals surface area contributed by atoms with Crippen LogP contribution in [0.25, 0.3) is 0 Å². The number of aryl methyl sites for hydroxylation is 1. The van der Waals surface area contributed by atoms with Crippen molar-refractivity contribution in [2.24, 2.45) is 12.0 Å². The van der Waals surface area contributed by atoms with Crippen molar-refractivity contribution in [2.45, 2.75) is 6.54 Å². The Bertz CT molecular complexity index is 314. The van der Waals surface area contributed by atoms with Crippen molar-refractivity contribution in [3.8, 4) is 0 Å². The molecule has 1 aromatic heterocycles. The van der Waals surface area contributed by atoms with Crippen molar-refractivity contribution in [3.05, 3.63) is 18.0 Å². The second-order valence-electron chi connectivity index (χ2n) is 3.03. The van der Waals surface area contributed by atoms with Crippen LogP contribution in [0.3, 0.4) is 0 Å². The Hall–Kier alpha value is -1.52. The van der Waals surface area contributed by atoms with Crippen LogP contribution in [0.15, 0.2) is 17.4 Å². The molecule has 0 saturated heterocycles. The Morgan fingerprint density at radius 3 is 3.23 bits per heavy atom. The lowest BCUT2D eigenvalue weighted by atomic mass is 10.4. The van der Waals surface area contributed by atoms with Gasteiger partial charge >= 0.3 is 0 Å². The molecule has 0 aliphatic carbocycles. The Morgan fingerprint density at radius 1 is 1.69 bits per heavy atom. The van der Waals surface area contributed by atoms with E-state index >= 15 is 0 Å². The monoisotopic (exact) mass is 179 g/mol. The van der Waals surface area contributed by atoms with Gasteiger partial charge in [0.25, 0.3) is 0 Å². The van der Waals surface area contributed by atoms with E-state index in [0.29, 0.717) is 0 Å². The van der Waals surface area contributed by atoms with E-state index in [2.05, 4.69) is 20.7 Å². The summed E-state index contributed by atoms with van der Waals surface area (Å²) in [6.07, 6.45) is 3.84. The van der Waals surface area contributed by atoms with Crippen LogP contribution in [0, 0.1) is 0 Å². The van der Waals surface area contributed by atoms with E-state index in [1.54, 1.807) is 4.68 Å². The zero-order chi connectivity index (χ0) is 9.10. The molecule has 0 atom stereocenters. The summed E-state index contributed by atoms with van der Waals surface area (Å²) in [7, 11) is 1.91. The van der Waals surface area contributed by atoms with E-state index < -0.39 is 0 Å². The third kappa shape index (κ3) is 1.99. The van der Waals surface area contributed by atoms with Gasteiger partial charge in [0.1, 0.15) is 0 Å². The number of hydrogen-bond donors (Lipinski definition) is 2. The predicted molar refractivity (Wildman–Crippen MR) is 50.4 cm³/mol. The predicted octanol–water partition coefficient (Wildman–Crippen LogP) is -0.531. The SMILES string of the molecule is Cn1cc(CNC2=NCCN2)cn1. The van der Waals surface area contributed by atoms with Crippen LogP contribution < -0.4 is 10.6 Å². The minimum atomic E-state index is 0.777. The fourth-order valence-electron chi connectivity index (χ4n) is 1.27. The molecule has 1 aromatic rings. The third-order valence-electron chi connectivity index (χ3n) is 1.89. The van der Waals surface area contributed by atoms with Gasteiger partial charge in [-0.15, -0.1) is 0 Å². The van der Waals surface area contributed by atoms with Gasteiger partial charge in [0.15, 0.2) is 5.96 Å². The zero-order valence-corrected chi connectivity index (χ0v) is 7.62. The maximum absolute atomic E-state index is 4.22. The summed E-state index contributed by atoms with van der Waals surface area (Å²) in [5.74, 6) is 0.892. The summed E-state index contributed by atoms with van der Waals surface area (Å²) < 4.78 is 1.79. The fraction of sp³-hybridized carbons (Fsp3) is 0.500. The summed E-state index contributed by atoms with van der Waals surface area (Å²) >= 11 is 0. The minimum Gasteiger partial charge on any atom is -0.355 e. The molecule has 0 spiro atoms. The summed E-state index contributed by atoms with van der Waals surface area (Å²) in [5, 5.41) is 10.4. The highest BCUT2D eigenvalue weighted by atomic mass is 15.2. The molecule has 1 aliphatic heterocycles. The number of aromatic nitrogens is 2. The van der Waals surface area contributed by atoms with Crippen molar-refractivity contribution in [3.63, 3.8) is 0 Å². The van der Waals surface area contributed by atoms with E-state index in [1.165, 1.54) is 5.56 Å². The molecule has 1 aliphatic rings. The van der Waals surface area contributed by atoms with Crippen molar-refractivity contribution < 1.29 is 0 Å². The highest BCUT2D eigenvalue weighted by molar-refractivity contribution is 5.81. The maximum atomic E-state index is 4.22. The molecule has 5 nitrogen and oxygen atoms in total. The van der Waals surface area contributed by atoms with Crippen LogP contribution in [0.4, 0.5) is 0 Å². The van der Waals surface area contributed by atoms with E-state index in [9.17, 15) is 0 Å². The van der Waals surface area contributed by atoms with Gasteiger partial charge < -0.3 is 10.6 Å². The van der Waals surface area contributed by atoms with Gasteiger partial charge in [0, 0.05) is 31.9 Å². The Labute approximate surface area is 76.9 Å². The fourth-order valence-corrected chi connectivity index (χ4v) is 1.27. The topological polar surface area (TPSA) is 54.2 Å². The quantitative estimate of drug-likeness (QED) is 0.641. The van der Waals surface area contributed by atoms with Gasteiger partial charge in [0.05, 0.1) is 12.7 Å². The first-order valence-electron chi connectivity index (χ1n) is 4.34. The maximum Gasteiger partial charge on any atom is 0.191 e. The molecular formula is C8H13N5. The largest absolute Gasteiger partial charge is 0.355 e. The van der Waals surface area contributed by atoms with Crippen molar-refractivity contribution in [2.75, 3.05) is 13.1 Å². The van der Waals surface area contributed by atoms with Crippen molar-refractivity contribution in [1.29, 1.82) is 0 Å². The Balaban J connectivity index is 1.85. The van der Waals surface area contributed by atoms with Gasteiger partial charge in [-0.3, -0.25) is 9.67 Å². The molecule has 2 rings (SSSR count). The highest BCUT2D eigenvalue weighted by Gasteiger charge is 2.03. The number of rotatable bonds is 2. The van der Waals surface area contributed by atoms with Crippen LogP contribution >= 0.6 is 0 Å². The standard InChI is InChI=1S/C8H13N5/c1-13-6-7(5-12-13)4-11-8-9-2-3-10-8/h5-6H,2-4H2,1H3,(H2,9,10,11). The van der Waals surface area contributed by atoms with Crippen LogP contribution in [0.5, 0.6) is 0 Å². The molecule has 0 aromatic carbocycles. The zero-order valence-electron chi connectivity index (χ0n) is 7.62. The molecule has 0 fully saturated rings. The van der Waals surface area contributed by atoms with Crippen LogP contribution in [-0.2, 0) is 13.6 Å². The molecule has 0 bridgehead atoms. The lowest BCUT2D eigenvalue weighted by Crippen LogP contribution is -2.33. The van der Waals surface area contributed by atoms with Gasteiger partial charge in [0.2, 0.25) is 0 Å². The molecule has 5 heteroatoms. The molecular weight excluding hydrogens is 166 g/mol.